The molecule has 49 heavy (non-hydrogen) atoms. The number of ether oxygens (including phenoxy) is 3. The van der Waals surface area contributed by atoms with E-state index in [0.29, 0.717) is 43.6 Å². The van der Waals surface area contributed by atoms with Crippen LogP contribution < -0.4 is 14.4 Å². The molecule has 2 aromatic carbocycles. The van der Waals surface area contributed by atoms with Gasteiger partial charge in [0.15, 0.2) is 0 Å². The lowest BCUT2D eigenvalue weighted by atomic mass is 9.63. The van der Waals surface area contributed by atoms with Gasteiger partial charge in [0.25, 0.3) is 5.91 Å². The predicted molar refractivity (Wildman–Crippen MR) is 190 cm³/mol. The van der Waals surface area contributed by atoms with E-state index in [4.69, 9.17) is 25.8 Å². The lowest BCUT2D eigenvalue weighted by Gasteiger charge is -2.56. The summed E-state index contributed by atoms with van der Waals surface area (Å²) < 4.78 is 48.8. The number of sulfonamides is 1. The van der Waals surface area contributed by atoms with Crippen LogP contribution in [0.2, 0.25) is 5.02 Å². The van der Waals surface area contributed by atoms with Crippen molar-refractivity contribution in [3.05, 3.63) is 70.3 Å². The minimum Gasteiger partial charge on any atom is -0.490 e. The molecule has 2 aliphatic carbocycles. The van der Waals surface area contributed by atoms with Crippen molar-refractivity contribution >= 4 is 33.2 Å². The summed E-state index contributed by atoms with van der Waals surface area (Å²) in [5, 5.41) is -0.0173. The number of anilines is 1. The molecule has 8 rings (SSSR count). The molecule has 2 spiro atoms. The van der Waals surface area contributed by atoms with E-state index in [2.05, 4.69) is 38.8 Å². The SMILES string of the molecule is C[C@@H]1[C@@H](C)C/C=C/[C@]2(CN3CCOC[C@@H]3CO2)[C@@H]2CC[C@H]2CN2C[C@@]3(CCCc4cc(Cl)ccc43)COc3ccc(cc32)C(=O)NS1(=O)=O. The highest BCUT2D eigenvalue weighted by atomic mass is 35.5. The summed E-state index contributed by atoms with van der Waals surface area (Å²) in [6, 6.07) is 11.9. The zero-order chi connectivity index (χ0) is 34.0. The van der Waals surface area contributed by atoms with Gasteiger partial charge < -0.3 is 19.1 Å². The number of carbonyl (C=O) groups excluding carboxylic acids is 1. The Bertz CT molecular complexity index is 1750. The zero-order valence-electron chi connectivity index (χ0n) is 28.5. The molecule has 2 aromatic rings. The molecule has 2 saturated heterocycles. The molecular weight excluding hydrogens is 662 g/mol. The molecule has 7 atom stereocenters. The van der Waals surface area contributed by atoms with Crippen LogP contribution in [-0.2, 0) is 31.3 Å². The minimum absolute atomic E-state index is 0.205. The summed E-state index contributed by atoms with van der Waals surface area (Å²) in [6.45, 7) is 9.37. The van der Waals surface area contributed by atoms with Crippen molar-refractivity contribution in [1.29, 1.82) is 0 Å². The van der Waals surface area contributed by atoms with Crippen LogP contribution in [-0.4, -0.2) is 88.7 Å². The molecule has 0 unspecified atom stereocenters. The first kappa shape index (κ1) is 33.5. The maximum Gasteiger partial charge on any atom is 0.264 e. The fraction of sp³-hybridized carbons (Fsp3) is 0.605. The monoisotopic (exact) mass is 709 g/mol. The van der Waals surface area contributed by atoms with Crippen molar-refractivity contribution in [3.8, 4) is 5.75 Å². The topological polar surface area (TPSA) is 97.4 Å². The third kappa shape index (κ3) is 6.09. The van der Waals surface area contributed by atoms with Crippen LogP contribution in [0.25, 0.3) is 0 Å². The van der Waals surface area contributed by atoms with Crippen LogP contribution in [0, 0.1) is 17.8 Å². The number of rotatable bonds is 0. The maximum atomic E-state index is 13.6. The highest BCUT2D eigenvalue weighted by Gasteiger charge is 2.52. The van der Waals surface area contributed by atoms with Gasteiger partial charge in [-0.2, -0.15) is 0 Å². The predicted octanol–water partition coefficient (Wildman–Crippen LogP) is 5.35. The largest absolute Gasteiger partial charge is 0.490 e. The van der Waals surface area contributed by atoms with E-state index < -0.39 is 26.8 Å². The zero-order valence-corrected chi connectivity index (χ0v) is 30.1. The lowest BCUT2D eigenvalue weighted by molar-refractivity contribution is -0.186. The average Bonchev–Trinajstić information content (AvgIpc) is 3.22. The number of carbonyl (C=O) groups is 1. The van der Waals surface area contributed by atoms with Crippen molar-refractivity contribution in [2.75, 3.05) is 57.5 Å². The molecule has 0 aromatic heterocycles. The molecule has 3 fully saturated rings. The summed E-state index contributed by atoms with van der Waals surface area (Å²) in [5.74, 6) is 0.557. The normalized spacial score (nSPS) is 36.7. The summed E-state index contributed by atoms with van der Waals surface area (Å²) in [7, 11) is -3.94. The Balaban J connectivity index is 1.21. The second-order valence-corrected chi connectivity index (χ2v) is 18.0. The van der Waals surface area contributed by atoms with E-state index in [0.717, 1.165) is 81.3 Å². The summed E-state index contributed by atoms with van der Waals surface area (Å²) in [6.07, 6.45) is 10.1. The third-order valence-corrected chi connectivity index (χ3v) is 14.7. The van der Waals surface area contributed by atoms with Gasteiger partial charge in [-0.1, -0.05) is 36.7 Å². The first-order valence-corrected chi connectivity index (χ1v) is 20.0. The van der Waals surface area contributed by atoms with Gasteiger partial charge in [-0.15, -0.1) is 0 Å². The third-order valence-electron chi connectivity index (χ3n) is 12.6. The lowest BCUT2D eigenvalue weighted by Crippen LogP contribution is -2.65. The Morgan fingerprint density at radius 1 is 1.06 bits per heavy atom. The van der Waals surface area contributed by atoms with Gasteiger partial charge in [0.1, 0.15) is 11.4 Å². The number of aryl methyl sites for hydroxylation is 1. The van der Waals surface area contributed by atoms with Crippen molar-refractivity contribution in [2.45, 2.75) is 74.7 Å². The van der Waals surface area contributed by atoms with Crippen LogP contribution in [0.5, 0.6) is 5.75 Å². The number of benzene rings is 2. The number of hydrogen-bond acceptors (Lipinski definition) is 8. The molecule has 1 saturated carbocycles. The number of nitrogens with zero attached hydrogens (tertiary/aromatic N) is 2. The van der Waals surface area contributed by atoms with Crippen LogP contribution in [0.4, 0.5) is 5.69 Å². The molecule has 1 amide bonds. The van der Waals surface area contributed by atoms with Gasteiger partial charge in [0.2, 0.25) is 10.0 Å². The molecular formula is C38H48ClN3O6S. The van der Waals surface area contributed by atoms with E-state index in [-0.39, 0.29) is 17.4 Å². The number of allylic oxidation sites excluding steroid dienone is 1. The number of amides is 1. The van der Waals surface area contributed by atoms with Gasteiger partial charge in [0.05, 0.1) is 43.4 Å². The second kappa shape index (κ2) is 12.9. The fourth-order valence-electron chi connectivity index (χ4n) is 9.34. The molecule has 264 valence electrons. The summed E-state index contributed by atoms with van der Waals surface area (Å²) >= 11 is 6.48. The smallest absolute Gasteiger partial charge is 0.264 e. The first-order valence-electron chi connectivity index (χ1n) is 18.1. The number of morpholine rings is 2. The van der Waals surface area contributed by atoms with Crippen molar-refractivity contribution < 1.29 is 27.4 Å². The van der Waals surface area contributed by atoms with E-state index in [1.54, 1.807) is 13.0 Å². The minimum atomic E-state index is -3.94. The molecule has 11 heteroatoms. The quantitative estimate of drug-likeness (QED) is 0.366. The van der Waals surface area contributed by atoms with Crippen molar-refractivity contribution in [1.82, 2.24) is 9.62 Å². The number of fused-ring (bicyclic) bond motifs is 6. The average molecular weight is 710 g/mol. The van der Waals surface area contributed by atoms with Crippen LogP contribution in [0.3, 0.4) is 0 Å². The van der Waals surface area contributed by atoms with Gasteiger partial charge in [-0.25, -0.2) is 13.1 Å². The van der Waals surface area contributed by atoms with Crippen LogP contribution in [0.1, 0.15) is 67.4 Å². The molecule has 6 aliphatic rings. The summed E-state index contributed by atoms with van der Waals surface area (Å²) in [4.78, 5) is 18.6. The van der Waals surface area contributed by atoms with E-state index >= 15 is 0 Å². The first-order chi connectivity index (χ1) is 23.6. The van der Waals surface area contributed by atoms with Crippen molar-refractivity contribution in [3.63, 3.8) is 0 Å². The molecule has 0 radical (unpaired) electrons. The second-order valence-electron chi connectivity index (χ2n) is 15.5. The Morgan fingerprint density at radius 2 is 1.94 bits per heavy atom. The van der Waals surface area contributed by atoms with Gasteiger partial charge >= 0.3 is 0 Å². The Hall–Kier alpha value is -2.63. The van der Waals surface area contributed by atoms with Crippen molar-refractivity contribution in [2.24, 2.45) is 17.8 Å². The molecule has 4 heterocycles. The Labute approximate surface area is 295 Å². The molecule has 1 N–H and O–H groups in total. The van der Waals surface area contributed by atoms with Gasteiger partial charge in [-0.05, 0) is 105 Å². The Kier molecular flexibility index (Phi) is 8.79. The van der Waals surface area contributed by atoms with E-state index in [9.17, 15) is 13.2 Å². The van der Waals surface area contributed by atoms with Gasteiger partial charge in [0, 0.05) is 42.2 Å². The molecule has 9 nitrogen and oxygen atoms in total. The van der Waals surface area contributed by atoms with Gasteiger partial charge in [-0.3, -0.25) is 9.69 Å². The highest BCUT2D eigenvalue weighted by molar-refractivity contribution is 7.90. The standard InChI is InChI=1S/C38H48ClN3O6S/c1-25-5-3-14-38(23-41-15-16-46-20-31(41)21-48-38)33-10-7-29(33)19-42-22-37(13-4-6-27-17-30(39)9-11-32(27)37)24-47-35-12-8-28(18-34(35)42)36(43)40-49(44,45)26(25)2/h3,8-9,11-12,14,17-18,25-26,29,31,33H,4-7,10,13,15-16,19-24H2,1-2H3,(H,40,43)/b14-3+/t25-,26+,29-,31+,33+,37-,38-/m0/s1. The van der Waals surface area contributed by atoms with E-state index in [1.807, 2.05) is 25.1 Å². The Morgan fingerprint density at radius 3 is 2.78 bits per heavy atom. The fourth-order valence-corrected chi connectivity index (χ4v) is 10.8. The highest BCUT2D eigenvalue weighted by Crippen LogP contribution is 2.50. The molecule has 2 bridgehead atoms. The number of halogens is 1. The van der Waals surface area contributed by atoms with Crippen LogP contribution >= 0.6 is 11.6 Å². The van der Waals surface area contributed by atoms with Crippen LogP contribution in [0.15, 0.2) is 48.6 Å². The summed E-state index contributed by atoms with van der Waals surface area (Å²) in [5.41, 5.74) is 2.98. The maximum absolute atomic E-state index is 13.6. The van der Waals surface area contributed by atoms with E-state index in [1.165, 1.54) is 11.1 Å². The number of hydrogen-bond donors (Lipinski definition) is 1. The molecule has 4 aliphatic heterocycles. The number of nitrogens with one attached hydrogen (secondary N) is 1.